The molecule has 0 aliphatic heterocycles. The third-order valence-corrected chi connectivity index (χ3v) is 5.12. The third-order valence-electron chi connectivity index (χ3n) is 3.95. The number of anilines is 1. The standard InChI is InChI=1S/C15H18N4O2S/c1-8-3-4-10-11(5-8)22-15(12(10)13(16)20)18-14(21)9-6-17-19(2)7-9/h6-8H,3-5H2,1-2H3,(H2,16,20)(H,18,21). The Kier molecular flexibility index (Phi) is 3.74. The molecule has 3 rings (SSSR count). The average molecular weight is 318 g/mol. The highest BCUT2D eigenvalue weighted by Crippen LogP contribution is 2.39. The number of amides is 2. The van der Waals surface area contributed by atoms with E-state index in [4.69, 9.17) is 5.73 Å². The number of hydrogen-bond acceptors (Lipinski definition) is 4. The second-order valence-electron chi connectivity index (χ2n) is 5.78. The Hall–Kier alpha value is -2.15. The minimum absolute atomic E-state index is 0.276. The van der Waals surface area contributed by atoms with Crippen molar-refractivity contribution in [2.45, 2.75) is 26.2 Å². The van der Waals surface area contributed by atoms with Crippen molar-refractivity contribution < 1.29 is 9.59 Å². The van der Waals surface area contributed by atoms with Gasteiger partial charge in [0.05, 0.1) is 17.3 Å². The lowest BCUT2D eigenvalue weighted by Gasteiger charge is -2.18. The van der Waals surface area contributed by atoms with Gasteiger partial charge in [0.2, 0.25) is 0 Å². The highest BCUT2D eigenvalue weighted by Gasteiger charge is 2.27. The van der Waals surface area contributed by atoms with Gasteiger partial charge in [-0.05, 0) is 30.7 Å². The predicted octanol–water partition coefficient (Wildman–Crippen LogP) is 1.96. The number of carbonyl (C=O) groups is 2. The first kappa shape index (κ1) is 14.8. The molecule has 1 unspecified atom stereocenters. The zero-order valence-electron chi connectivity index (χ0n) is 12.5. The van der Waals surface area contributed by atoms with E-state index in [2.05, 4.69) is 17.3 Å². The van der Waals surface area contributed by atoms with Crippen LogP contribution in [0.1, 0.15) is 44.5 Å². The molecule has 1 aliphatic carbocycles. The minimum Gasteiger partial charge on any atom is -0.365 e. The van der Waals surface area contributed by atoms with E-state index in [1.807, 2.05) is 0 Å². The number of carbonyl (C=O) groups excluding carboxylic acids is 2. The molecule has 1 atom stereocenters. The first-order chi connectivity index (χ1) is 10.5. The zero-order valence-corrected chi connectivity index (χ0v) is 13.4. The van der Waals surface area contributed by atoms with E-state index in [1.165, 1.54) is 17.5 Å². The van der Waals surface area contributed by atoms with Gasteiger partial charge in [-0.25, -0.2) is 0 Å². The highest BCUT2D eigenvalue weighted by atomic mass is 32.1. The van der Waals surface area contributed by atoms with Crippen LogP contribution in [-0.4, -0.2) is 21.6 Å². The number of nitrogens with zero attached hydrogens (tertiary/aromatic N) is 2. The lowest BCUT2D eigenvalue weighted by Crippen LogP contribution is -2.19. The summed E-state index contributed by atoms with van der Waals surface area (Å²) in [6.07, 6.45) is 5.95. The van der Waals surface area contributed by atoms with Crippen molar-refractivity contribution in [1.82, 2.24) is 9.78 Å². The molecule has 0 saturated carbocycles. The van der Waals surface area contributed by atoms with Gasteiger partial charge in [-0.1, -0.05) is 6.92 Å². The number of fused-ring (bicyclic) bond motifs is 1. The Morgan fingerprint density at radius 3 is 2.91 bits per heavy atom. The van der Waals surface area contributed by atoms with Gasteiger partial charge >= 0.3 is 0 Å². The van der Waals surface area contributed by atoms with E-state index < -0.39 is 5.91 Å². The second-order valence-corrected chi connectivity index (χ2v) is 6.88. The molecule has 2 amide bonds. The molecule has 116 valence electrons. The van der Waals surface area contributed by atoms with Crippen LogP contribution in [0.15, 0.2) is 12.4 Å². The number of primary amides is 1. The van der Waals surface area contributed by atoms with Crippen molar-refractivity contribution in [3.8, 4) is 0 Å². The summed E-state index contributed by atoms with van der Waals surface area (Å²) in [7, 11) is 1.75. The van der Waals surface area contributed by atoms with Crippen molar-refractivity contribution >= 4 is 28.2 Å². The maximum Gasteiger partial charge on any atom is 0.259 e. The van der Waals surface area contributed by atoms with Gasteiger partial charge in [-0.2, -0.15) is 5.10 Å². The average Bonchev–Trinajstić information content (AvgIpc) is 3.01. The molecule has 0 saturated heterocycles. The van der Waals surface area contributed by atoms with Gasteiger partial charge < -0.3 is 11.1 Å². The van der Waals surface area contributed by atoms with Crippen LogP contribution < -0.4 is 11.1 Å². The van der Waals surface area contributed by atoms with E-state index in [9.17, 15) is 9.59 Å². The molecule has 2 aromatic rings. The smallest absolute Gasteiger partial charge is 0.259 e. The normalized spacial score (nSPS) is 17.1. The van der Waals surface area contributed by atoms with Crippen molar-refractivity contribution in [1.29, 1.82) is 0 Å². The number of thiophene rings is 1. The lowest BCUT2D eigenvalue weighted by atomic mass is 9.88. The van der Waals surface area contributed by atoms with Gasteiger partial charge in [-0.15, -0.1) is 11.3 Å². The topological polar surface area (TPSA) is 90.0 Å². The molecule has 0 aromatic carbocycles. The van der Waals surface area contributed by atoms with E-state index in [-0.39, 0.29) is 5.91 Å². The molecule has 0 spiro atoms. The first-order valence-corrected chi connectivity index (χ1v) is 8.01. The van der Waals surface area contributed by atoms with Crippen LogP contribution in [-0.2, 0) is 19.9 Å². The van der Waals surface area contributed by atoms with Crippen LogP contribution in [0.5, 0.6) is 0 Å². The van der Waals surface area contributed by atoms with E-state index in [0.717, 1.165) is 29.7 Å². The zero-order chi connectivity index (χ0) is 15.9. The molecule has 2 heterocycles. The fourth-order valence-corrected chi connectivity index (χ4v) is 4.22. The molecular formula is C15H18N4O2S. The Bertz CT molecular complexity index is 747. The maximum atomic E-state index is 12.3. The van der Waals surface area contributed by atoms with E-state index >= 15 is 0 Å². The Morgan fingerprint density at radius 1 is 1.50 bits per heavy atom. The van der Waals surface area contributed by atoms with Gasteiger partial charge in [0, 0.05) is 18.1 Å². The molecule has 2 aromatic heterocycles. The third kappa shape index (κ3) is 2.64. The molecule has 0 bridgehead atoms. The van der Waals surface area contributed by atoms with Crippen LogP contribution in [0.2, 0.25) is 0 Å². The van der Waals surface area contributed by atoms with Crippen molar-refractivity contribution in [2.24, 2.45) is 18.7 Å². The Morgan fingerprint density at radius 2 is 2.27 bits per heavy atom. The summed E-state index contributed by atoms with van der Waals surface area (Å²) in [5.41, 5.74) is 7.48. The largest absolute Gasteiger partial charge is 0.365 e. The van der Waals surface area contributed by atoms with E-state index in [0.29, 0.717) is 22.0 Å². The molecular weight excluding hydrogens is 300 g/mol. The molecule has 3 N–H and O–H groups in total. The fourth-order valence-electron chi connectivity index (χ4n) is 2.81. The SMILES string of the molecule is CC1CCc2c(sc(NC(=O)c3cnn(C)c3)c2C(N)=O)C1. The summed E-state index contributed by atoms with van der Waals surface area (Å²) in [5.74, 6) is -0.162. The van der Waals surface area contributed by atoms with Gasteiger partial charge in [-0.3, -0.25) is 14.3 Å². The number of aryl methyl sites for hydroxylation is 1. The number of aromatic nitrogens is 2. The summed E-state index contributed by atoms with van der Waals surface area (Å²) >= 11 is 1.46. The predicted molar refractivity (Wildman–Crippen MR) is 85.2 cm³/mol. The number of hydrogen-bond donors (Lipinski definition) is 2. The number of nitrogens with two attached hydrogens (primary N) is 1. The Labute approximate surface area is 132 Å². The van der Waals surface area contributed by atoms with Crippen molar-refractivity contribution in [2.75, 3.05) is 5.32 Å². The highest BCUT2D eigenvalue weighted by molar-refractivity contribution is 7.17. The molecule has 0 fully saturated rings. The van der Waals surface area contributed by atoms with Crippen LogP contribution in [0.4, 0.5) is 5.00 Å². The number of rotatable bonds is 3. The van der Waals surface area contributed by atoms with Crippen LogP contribution in [0.3, 0.4) is 0 Å². The molecule has 22 heavy (non-hydrogen) atoms. The molecule has 1 aliphatic rings. The first-order valence-electron chi connectivity index (χ1n) is 7.20. The summed E-state index contributed by atoms with van der Waals surface area (Å²) < 4.78 is 1.56. The van der Waals surface area contributed by atoms with Crippen LogP contribution in [0, 0.1) is 5.92 Å². The van der Waals surface area contributed by atoms with Gasteiger partial charge in [0.15, 0.2) is 0 Å². The molecule has 7 heteroatoms. The minimum atomic E-state index is -0.478. The maximum absolute atomic E-state index is 12.3. The number of nitrogens with one attached hydrogen (secondary N) is 1. The van der Waals surface area contributed by atoms with E-state index in [1.54, 1.807) is 17.9 Å². The van der Waals surface area contributed by atoms with Gasteiger partial charge in [0.1, 0.15) is 5.00 Å². The summed E-state index contributed by atoms with van der Waals surface area (Å²) in [6, 6.07) is 0. The Balaban J connectivity index is 1.93. The van der Waals surface area contributed by atoms with Crippen LogP contribution in [0.25, 0.3) is 0 Å². The van der Waals surface area contributed by atoms with Gasteiger partial charge in [0.25, 0.3) is 11.8 Å². The summed E-state index contributed by atoms with van der Waals surface area (Å²) in [5, 5.41) is 7.35. The van der Waals surface area contributed by atoms with Crippen LogP contribution >= 0.6 is 11.3 Å². The molecule has 6 nitrogen and oxygen atoms in total. The summed E-state index contributed by atoms with van der Waals surface area (Å²) in [4.78, 5) is 25.3. The summed E-state index contributed by atoms with van der Waals surface area (Å²) in [6.45, 7) is 2.19. The fraction of sp³-hybridized carbons (Fsp3) is 0.400. The quantitative estimate of drug-likeness (QED) is 0.906. The second kappa shape index (κ2) is 5.57. The lowest BCUT2D eigenvalue weighted by molar-refractivity contribution is 0.1000. The van der Waals surface area contributed by atoms with Crippen molar-refractivity contribution in [3.05, 3.63) is 34.0 Å². The molecule has 0 radical (unpaired) electrons. The monoisotopic (exact) mass is 318 g/mol. The van der Waals surface area contributed by atoms with Crippen molar-refractivity contribution in [3.63, 3.8) is 0 Å².